The molecule has 8 heteroatoms. The SMILES string of the molecule is Cc1cc2nn(-c3ccc(C(C)C)cc3)nc2cc1NC(=S)NC(=O)c1cccc(OCC(C)C)c1. The van der Waals surface area contributed by atoms with Gasteiger partial charge in [0.25, 0.3) is 5.91 Å². The van der Waals surface area contributed by atoms with Gasteiger partial charge in [0.1, 0.15) is 16.8 Å². The Morgan fingerprint density at radius 1 is 1.00 bits per heavy atom. The van der Waals surface area contributed by atoms with Gasteiger partial charge < -0.3 is 10.1 Å². The summed E-state index contributed by atoms with van der Waals surface area (Å²) in [6, 6.07) is 19.1. The molecule has 7 nitrogen and oxygen atoms in total. The van der Waals surface area contributed by atoms with Gasteiger partial charge in [0.2, 0.25) is 0 Å². The zero-order valence-corrected chi connectivity index (χ0v) is 22.0. The van der Waals surface area contributed by atoms with Crippen LogP contribution < -0.4 is 15.4 Å². The Hall–Kier alpha value is -3.78. The van der Waals surface area contributed by atoms with Crippen molar-refractivity contribution < 1.29 is 9.53 Å². The maximum absolute atomic E-state index is 12.7. The Morgan fingerprint density at radius 3 is 2.36 bits per heavy atom. The molecule has 0 spiro atoms. The van der Waals surface area contributed by atoms with E-state index in [9.17, 15) is 4.79 Å². The molecule has 0 unspecified atom stereocenters. The number of ether oxygens (including phenoxy) is 1. The average Bonchev–Trinajstić information content (AvgIpc) is 3.25. The molecule has 0 atom stereocenters. The molecule has 186 valence electrons. The normalized spacial score (nSPS) is 11.2. The third kappa shape index (κ3) is 6.07. The van der Waals surface area contributed by atoms with Gasteiger partial charge in [-0.1, -0.05) is 45.9 Å². The van der Waals surface area contributed by atoms with E-state index in [1.165, 1.54) is 5.56 Å². The van der Waals surface area contributed by atoms with Crippen molar-refractivity contribution in [3.05, 3.63) is 77.4 Å². The minimum atomic E-state index is -0.308. The van der Waals surface area contributed by atoms with Crippen LogP contribution in [0.15, 0.2) is 60.7 Å². The van der Waals surface area contributed by atoms with Crippen LogP contribution in [0.5, 0.6) is 5.75 Å². The molecule has 1 heterocycles. The predicted molar refractivity (Wildman–Crippen MR) is 148 cm³/mol. The maximum Gasteiger partial charge on any atom is 0.257 e. The molecular formula is C28H31N5O2S. The smallest absolute Gasteiger partial charge is 0.257 e. The van der Waals surface area contributed by atoms with Crippen LogP contribution in [-0.2, 0) is 0 Å². The summed E-state index contributed by atoms with van der Waals surface area (Å²) in [5.74, 6) is 1.20. The van der Waals surface area contributed by atoms with Gasteiger partial charge >= 0.3 is 0 Å². The molecule has 4 aromatic rings. The number of hydrogen-bond donors (Lipinski definition) is 2. The lowest BCUT2D eigenvalue weighted by atomic mass is 10.0. The third-order valence-corrected chi connectivity index (χ3v) is 5.88. The number of benzene rings is 3. The fraction of sp³-hybridized carbons (Fsp3) is 0.286. The van der Waals surface area contributed by atoms with Crippen molar-refractivity contribution in [1.82, 2.24) is 20.3 Å². The van der Waals surface area contributed by atoms with E-state index in [-0.39, 0.29) is 11.0 Å². The highest BCUT2D eigenvalue weighted by molar-refractivity contribution is 7.80. The van der Waals surface area contributed by atoms with Gasteiger partial charge in [0, 0.05) is 11.3 Å². The molecule has 0 fully saturated rings. The minimum Gasteiger partial charge on any atom is -0.493 e. The second-order valence-electron chi connectivity index (χ2n) is 9.53. The second kappa shape index (κ2) is 10.9. The number of carbonyl (C=O) groups is 1. The van der Waals surface area contributed by atoms with Crippen molar-refractivity contribution in [1.29, 1.82) is 0 Å². The molecule has 36 heavy (non-hydrogen) atoms. The zero-order chi connectivity index (χ0) is 25.8. The molecule has 4 rings (SSSR count). The van der Waals surface area contributed by atoms with E-state index in [1.807, 2.05) is 37.3 Å². The zero-order valence-electron chi connectivity index (χ0n) is 21.2. The summed E-state index contributed by atoms with van der Waals surface area (Å²) >= 11 is 5.41. The monoisotopic (exact) mass is 501 g/mol. The fourth-order valence-corrected chi connectivity index (χ4v) is 3.83. The van der Waals surface area contributed by atoms with E-state index in [0.717, 1.165) is 28.0 Å². The number of hydrogen-bond acceptors (Lipinski definition) is 5. The van der Waals surface area contributed by atoms with Crippen LogP contribution in [0.25, 0.3) is 16.7 Å². The van der Waals surface area contributed by atoms with Gasteiger partial charge in [-0.15, -0.1) is 10.2 Å². The number of nitrogens with one attached hydrogen (secondary N) is 2. The van der Waals surface area contributed by atoms with E-state index in [0.29, 0.717) is 29.8 Å². The number of amides is 1. The molecule has 2 N–H and O–H groups in total. The highest BCUT2D eigenvalue weighted by Crippen LogP contribution is 2.23. The van der Waals surface area contributed by atoms with Crippen LogP contribution in [-0.4, -0.2) is 32.6 Å². The molecule has 3 aromatic carbocycles. The van der Waals surface area contributed by atoms with Gasteiger partial charge in [-0.25, -0.2) is 0 Å². The molecule has 0 saturated heterocycles. The highest BCUT2D eigenvalue weighted by atomic mass is 32.1. The first-order valence-corrected chi connectivity index (χ1v) is 12.4. The largest absolute Gasteiger partial charge is 0.493 e. The van der Waals surface area contributed by atoms with E-state index < -0.39 is 0 Å². The first kappa shape index (κ1) is 25.3. The van der Waals surface area contributed by atoms with Crippen molar-refractivity contribution in [2.24, 2.45) is 5.92 Å². The summed E-state index contributed by atoms with van der Waals surface area (Å²) in [4.78, 5) is 14.4. The number of nitrogens with zero attached hydrogens (tertiary/aromatic N) is 3. The van der Waals surface area contributed by atoms with Gasteiger partial charge in [-0.3, -0.25) is 10.1 Å². The lowest BCUT2D eigenvalue weighted by Gasteiger charge is -2.13. The number of fused-ring (bicyclic) bond motifs is 1. The summed E-state index contributed by atoms with van der Waals surface area (Å²) in [5.41, 5.74) is 5.82. The van der Waals surface area contributed by atoms with Gasteiger partial charge in [-0.2, -0.15) is 4.80 Å². The topological polar surface area (TPSA) is 81.1 Å². The summed E-state index contributed by atoms with van der Waals surface area (Å²) in [6.45, 7) is 11.0. The summed E-state index contributed by atoms with van der Waals surface area (Å²) < 4.78 is 5.72. The third-order valence-electron chi connectivity index (χ3n) is 5.67. The lowest BCUT2D eigenvalue weighted by Crippen LogP contribution is -2.34. The molecule has 0 bridgehead atoms. The van der Waals surface area contributed by atoms with Gasteiger partial charge in [0.15, 0.2) is 5.11 Å². The second-order valence-corrected chi connectivity index (χ2v) is 9.94. The first-order chi connectivity index (χ1) is 17.2. The highest BCUT2D eigenvalue weighted by Gasteiger charge is 2.13. The van der Waals surface area contributed by atoms with Crippen LogP contribution >= 0.6 is 12.2 Å². The van der Waals surface area contributed by atoms with Crippen molar-refractivity contribution in [2.45, 2.75) is 40.5 Å². The Balaban J connectivity index is 1.46. The standard InChI is InChI=1S/C28H31N5O2S/c1-17(2)16-35-23-8-6-7-21(14-23)27(34)30-28(36)29-24-15-26-25(13-19(24)5)31-33(32-26)22-11-9-20(10-12-22)18(3)4/h6-15,17-18H,16H2,1-5H3,(H2,29,30,34,36). The maximum atomic E-state index is 12.7. The number of thiocarbonyl (C=S) groups is 1. The summed E-state index contributed by atoms with van der Waals surface area (Å²) in [5, 5.41) is 15.3. The van der Waals surface area contributed by atoms with E-state index in [2.05, 4.69) is 60.7 Å². The molecule has 0 radical (unpaired) electrons. The molecule has 1 amide bonds. The first-order valence-electron chi connectivity index (χ1n) is 12.0. The van der Waals surface area contributed by atoms with E-state index in [4.69, 9.17) is 17.0 Å². The van der Waals surface area contributed by atoms with Crippen LogP contribution in [0.4, 0.5) is 5.69 Å². The Morgan fingerprint density at radius 2 is 1.69 bits per heavy atom. The molecule has 0 aliphatic rings. The summed E-state index contributed by atoms with van der Waals surface area (Å²) in [6.07, 6.45) is 0. The van der Waals surface area contributed by atoms with Crippen LogP contribution in [0.2, 0.25) is 0 Å². The molecule has 0 aliphatic carbocycles. The number of carbonyl (C=O) groups excluding carboxylic acids is 1. The quantitative estimate of drug-likeness (QED) is 0.302. The Bertz CT molecular complexity index is 1390. The van der Waals surface area contributed by atoms with Crippen molar-refractivity contribution >= 4 is 40.0 Å². The lowest BCUT2D eigenvalue weighted by molar-refractivity contribution is 0.0977. The van der Waals surface area contributed by atoms with Crippen molar-refractivity contribution in [2.75, 3.05) is 11.9 Å². The number of aromatic nitrogens is 3. The van der Waals surface area contributed by atoms with Crippen LogP contribution in [0.3, 0.4) is 0 Å². The van der Waals surface area contributed by atoms with E-state index >= 15 is 0 Å². The Kier molecular flexibility index (Phi) is 7.64. The number of aryl methyl sites for hydroxylation is 1. The molecular weight excluding hydrogens is 470 g/mol. The fourth-order valence-electron chi connectivity index (χ4n) is 3.63. The summed E-state index contributed by atoms with van der Waals surface area (Å²) in [7, 11) is 0. The van der Waals surface area contributed by atoms with Gasteiger partial charge in [-0.05, 0) is 84.6 Å². The van der Waals surface area contributed by atoms with Crippen LogP contribution in [0.1, 0.15) is 55.1 Å². The Labute approximate surface area is 216 Å². The number of rotatable bonds is 7. The van der Waals surface area contributed by atoms with E-state index in [1.54, 1.807) is 23.0 Å². The molecule has 0 saturated carbocycles. The molecule has 0 aliphatic heterocycles. The van der Waals surface area contributed by atoms with Gasteiger partial charge in [0.05, 0.1) is 12.3 Å². The molecule has 1 aromatic heterocycles. The average molecular weight is 502 g/mol. The number of anilines is 1. The van der Waals surface area contributed by atoms with Crippen molar-refractivity contribution in [3.8, 4) is 11.4 Å². The van der Waals surface area contributed by atoms with Crippen molar-refractivity contribution in [3.63, 3.8) is 0 Å². The predicted octanol–water partition coefficient (Wildman–Crippen LogP) is 6.01. The minimum absolute atomic E-state index is 0.201. The van der Waals surface area contributed by atoms with Crippen LogP contribution in [0, 0.1) is 12.8 Å².